The summed E-state index contributed by atoms with van der Waals surface area (Å²) in [6.07, 6.45) is -6.74. The largest absolute Gasteiger partial charge is 0.493 e. The molecule has 8 nitrogen and oxygen atoms in total. The third-order valence-corrected chi connectivity index (χ3v) is 8.02. The van der Waals surface area contributed by atoms with E-state index >= 15 is 0 Å². The number of hydrogen-bond donors (Lipinski definition) is 0. The Morgan fingerprint density at radius 1 is 0.978 bits per heavy atom. The number of alkyl halides is 6. The zero-order chi connectivity index (χ0) is 32.4. The van der Waals surface area contributed by atoms with Gasteiger partial charge in [0, 0.05) is 37.9 Å². The number of nitrogens with zero attached hydrogens (tertiary/aromatic N) is 5. The van der Waals surface area contributed by atoms with Gasteiger partial charge in [-0.1, -0.05) is 12.1 Å². The topological polar surface area (TPSA) is 91.0 Å². The molecule has 0 spiro atoms. The summed E-state index contributed by atoms with van der Waals surface area (Å²) >= 11 is 1.20. The van der Waals surface area contributed by atoms with Crippen LogP contribution >= 0.6 is 11.8 Å². The molecule has 0 bridgehead atoms. The van der Waals surface area contributed by atoms with Gasteiger partial charge in [-0.2, -0.15) is 36.6 Å². The first-order valence-corrected chi connectivity index (χ1v) is 14.1. The molecule has 2 aromatic carbocycles. The molecule has 0 atom stereocenters. The molecule has 2 aliphatic rings. The number of methoxy groups -OCH3 is 1. The molecule has 0 unspecified atom stereocenters. The number of anilines is 1. The van der Waals surface area contributed by atoms with E-state index in [1.807, 2.05) is 9.80 Å². The Labute approximate surface area is 257 Å². The van der Waals surface area contributed by atoms with Gasteiger partial charge in [0.15, 0.2) is 16.7 Å². The lowest BCUT2D eigenvalue weighted by atomic mass is 10.0. The maximum Gasteiger partial charge on any atom is 0.416 e. The van der Waals surface area contributed by atoms with Gasteiger partial charge < -0.3 is 19.3 Å². The molecular formula is C30H23F6N5O3S. The van der Waals surface area contributed by atoms with Crippen molar-refractivity contribution in [1.29, 1.82) is 5.26 Å². The third-order valence-electron chi connectivity index (χ3n) is 6.98. The van der Waals surface area contributed by atoms with Crippen LogP contribution in [-0.4, -0.2) is 54.2 Å². The van der Waals surface area contributed by atoms with Crippen LogP contribution in [0, 0.1) is 11.3 Å². The van der Waals surface area contributed by atoms with Crippen molar-refractivity contribution in [3.05, 3.63) is 87.5 Å². The molecule has 15 heteroatoms. The number of piperazine rings is 1. The highest BCUT2D eigenvalue weighted by molar-refractivity contribution is 8.18. The Kier molecular flexibility index (Phi) is 8.96. The van der Waals surface area contributed by atoms with Gasteiger partial charge in [-0.25, -0.2) is 4.98 Å². The Bertz CT molecular complexity index is 1710. The number of pyridine rings is 1. The minimum absolute atomic E-state index is 0.0559. The van der Waals surface area contributed by atoms with Crippen LogP contribution in [0.3, 0.4) is 0 Å². The number of thioether (sulfide) groups is 1. The average Bonchev–Trinajstić information content (AvgIpc) is 3.38. The normalized spacial score (nSPS) is 16.5. The standard InChI is InChI=1S/C30H23F6N5O3S/c1-43-24-13-18(4-7-23(24)44-17-20-5-6-21(29(31,32)33)15-22(20)30(34,35)36)14-25-27(42)39-28(45-25)41-11-9-40(10-12-41)26-19(16-37)3-2-8-38-26/h2-8,13-15H,9-12,17H2,1H3/b25-14-. The number of carbonyl (C=O) groups is 1. The average molecular weight is 648 g/mol. The zero-order valence-corrected chi connectivity index (χ0v) is 24.3. The minimum Gasteiger partial charge on any atom is -0.493 e. The van der Waals surface area contributed by atoms with Gasteiger partial charge in [-0.05, 0) is 59.8 Å². The Morgan fingerprint density at radius 2 is 1.71 bits per heavy atom. The fourth-order valence-electron chi connectivity index (χ4n) is 4.72. The molecule has 3 aromatic rings. The highest BCUT2D eigenvalue weighted by Gasteiger charge is 2.38. The Balaban J connectivity index is 1.25. The second-order valence-electron chi connectivity index (χ2n) is 9.84. The summed E-state index contributed by atoms with van der Waals surface area (Å²) in [4.78, 5) is 25.5. The Morgan fingerprint density at radius 3 is 2.38 bits per heavy atom. The Hall–Kier alpha value is -4.71. The summed E-state index contributed by atoms with van der Waals surface area (Å²) in [5, 5.41) is 9.90. The lowest BCUT2D eigenvalue weighted by molar-refractivity contribution is -0.143. The molecule has 0 radical (unpaired) electrons. The van der Waals surface area contributed by atoms with Crippen LogP contribution in [0.4, 0.5) is 32.2 Å². The van der Waals surface area contributed by atoms with Crippen LogP contribution in [-0.2, 0) is 23.8 Å². The number of carbonyl (C=O) groups excluding carboxylic acids is 1. The van der Waals surface area contributed by atoms with Crippen molar-refractivity contribution < 1.29 is 40.6 Å². The van der Waals surface area contributed by atoms with Crippen molar-refractivity contribution in [3.8, 4) is 17.6 Å². The highest BCUT2D eigenvalue weighted by Crippen LogP contribution is 2.39. The van der Waals surface area contributed by atoms with E-state index in [2.05, 4.69) is 16.0 Å². The summed E-state index contributed by atoms with van der Waals surface area (Å²) in [5.41, 5.74) is -2.33. The predicted octanol–water partition coefficient (Wildman–Crippen LogP) is 6.37. The number of amides is 1. The SMILES string of the molecule is COc1cc(/C=C2\SC(N3CCN(c4ncccc4C#N)CC3)=NC2=O)ccc1OCc1ccc(C(F)(F)F)cc1C(F)(F)F. The highest BCUT2D eigenvalue weighted by atomic mass is 32.2. The molecule has 234 valence electrons. The first-order valence-electron chi connectivity index (χ1n) is 13.3. The van der Waals surface area contributed by atoms with E-state index in [1.165, 1.54) is 31.0 Å². The monoisotopic (exact) mass is 647 g/mol. The molecule has 0 aliphatic carbocycles. The smallest absolute Gasteiger partial charge is 0.416 e. The van der Waals surface area contributed by atoms with Gasteiger partial charge in [0.05, 0.1) is 28.7 Å². The summed E-state index contributed by atoms with van der Waals surface area (Å²) in [5.74, 6) is 0.373. The molecule has 1 saturated heterocycles. The summed E-state index contributed by atoms with van der Waals surface area (Å²) < 4.78 is 90.4. The van der Waals surface area contributed by atoms with Crippen LogP contribution in [0.5, 0.6) is 11.5 Å². The second kappa shape index (κ2) is 12.7. The van der Waals surface area contributed by atoms with E-state index in [4.69, 9.17) is 9.47 Å². The van der Waals surface area contributed by atoms with E-state index in [0.717, 1.165) is 6.07 Å². The fraction of sp³-hybridized carbons (Fsp3) is 0.267. The van der Waals surface area contributed by atoms with Crippen molar-refractivity contribution >= 4 is 34.7 Å². The molecule has 2 aliphatic heterocycles. The van der Waals surface area contributed by atoms with Crippen molar-refractivity contribution in [1.82, 2.24) is 9.88 Å². The number of benzene rings is 2. The summed E-state index contributed by atoms with van der Waals surface area (Å²) in [6.45, 7) is 1.61. The number of rotatable bonds is 6. The van der Waals surface area contributed by atoms with E-state index in [1.54, 1.807) is 30.5 Å². The minimum atomic E-state index is -5.03. The zero-order valence-electron chi connectivity index (χ0n) is 23.4. The molecule has 5 rings (SSSR count). The van der Waals surface area contributed by atoms with E-state index in [9.17, 15) is 36.4 Å². The summed E-state index contributed by atoms with van der Waals surface area (Å²) in [7, 11) is 1.32. The number of amidine groups is 1. The molecule has 1 aromatic heterocycles. The number of hydrogen-bond acceptors (Lipinski definition) is 8. The van der Waals surface area contributed by atoms with Gasteiger partial charge in [0.1, 0.15) is 18.5 Å². The van der Waals surface area contributed by atoms with E-state index in [-0.39, 0.29) is 17.6 Å². The number of aromatic nitrogens is 1. The van der Waals surface area contributed by atoms with Crippen molar-refractivity contribution in [2.24, 2.45) is 4.99 Å². The molecular weight excluding hydrogens is 624 g/mol. The van der Waals surface area contributed by atoms with Crippen LogP contribution < -0.4 is 14.4 Å². The molecule has 0 N–H and O–H groups in total. The number of halogens is 6. The predicted molar refractivity (Wildman–Crippen MR) is 155 cm³/mol. The van der Waals surface area contributed by atoms with Crippen molar-refractivity contribution in [3.63, 3.8) is 0 Å². The van der Waals surface area contributed by atoms with Gasteiger partial charge in [-0.3, -0.25) is 4.79 Å². The number of nitriles is 1. The molecule has 0 saturated carbocycles. The van der Waals surface area contributed by atoms with Gasteiger partial charge in [0.2, 0.25) is 0 Å². The molecule has 1 amide bonds. The maximum absolute atomic E-state index is 13.5. The van der Waals surface area contributed by atoms with Gasteiger partial charge in [-0.15, -0.1) is 0 Å². The van der Waals surface area contributed by atoms with Crippen LogP contribution in [0.2, 0.25) is 0 Å². The number of ether oxygens (including phenoxy) is 2. The van der Waals surface area contributed by atoms with Crippen LogP contribution in [0.1, 0.15) is 27.8 Å². The summed E-state index contributed by atoms with van der Waals surface area (Å²) in [6, 6.07) is 11.4. The first kappa shape index (κ1) is 31.7. The lowest BCUT2D eigenvalue weighted by Gasteiger charge is -2.36. The van der Waals surface area contributed by atoms with Crippen molar-refractivity contribution in [2.45, 2.75) is 19.0 Å². The van der Waals surface area contributed by atoms with Crippen LogP contribution in [0.25, 0.3) is 6.08 Å². The quantitative estimate of drug-likeness (QED) is 0.225. The van der Waals surface area contributed by atoms with Crippen molar-refractivity contribution in [2.75, 3.05) is 38.2 Å². The van der Waals surface area contributed by atoms with Gasteiger partial charge >= 0.3 is 12.4 Å². The molecule has 45 heavy (non-hydrogen) atoms. The third kappa shape index (κ3) is 7.17. The maximum atomic E-state index is 13.5. The number of aliphatic imine (C=N–C) groups is 1. The first-order chi connectivity index (χ1) is 21.4. The van der Waals surface area contributed by atoms with E-state index < -0.39 is 41.6 Å². The van der Waals surface area contributed by atoms with E-state index in [0.29, 0.717) is 59.3 Å². The second-order valence-corrected chi connectivity index (χ2v) is 10.8. The molecule has 3 heterocycles. The van der Waals surface area contributed by atoms with Gasteiger partial charge in [0.25, 0.3) is 5.91 Å². The van der Waals surface area contributed by atoms with Crippen LogP contribution in [0.15, 0.2) is 64.6 Å². The lowest BCUT2D eigenvalue weighted by Crippen LogP contribution is -2.48. The fourth-order valence-corrected chi connectivity index (χ4v) is 5.69. The molecule has 1 fully saturated rings.